The zero-order valence-corrected chi connectivity index (χ0v) is 54.4. The van der Waals surface area contributed by atoms with Crippen LogP contribution in [-0.4, -0.2) is 11.6 Å². The molecule has 0 amide bonds. The lowest BCUT2D eigenvalue weighted by molar-refractivity contribution is -0.133. The Kier molecular flexibility index (Phi) is 18.0. The molecule has 0 atom stereocenters. The Labute approximate surface area is 527 Å². The minimum atomic E-state index is -1.32. The van der Waals surface area contributed by atoms with E-state index in [0.717, 1.165) is 133 Å². The number of hydrogen-bond acceptors (Lipinski definition) is 3. The maximum atomic E-state index is 15.2. The summed E-state index contributed by atoms with van der Waals surface area (Å²) < 4.78 is 0. The van der Waals surface area contributed by atoms with Crippen molar-refractivity contribution in [2.45, 2.75) is 186 Å². The SMILES string of the molecule is CCCCCCCC(=O)C1(C(=O)CCCCCCC)c2cc(C)ccc2-c2ccc(-c3ccc(N(c4ccccc4)c4ccc(C(C)(C)C(C)(C)c5ccc6c(c5)C(Cc5ccccc5)(Cc5ccccc5)c5cc(C(C)(C)C)ccc5-6)cc4)cc3)cc21. The Morgan fingerprint density at radius 2 is 0.773 bits per heavy atom. The summed E-state index contributed by atoms with van der Waals surface area (Å²) in [7, 11) is 0. The molecule has 0 aromatic heterocycles. The second-order valence-corrected chi connectivity index (χ2v) is 27.9. The zero-order valence-electron chi connectivity index (χ0n) is 54.4. The molecule has 0 saturated carbocycles. The number of unbranched alkanes of at least 4 members (excludes halogenated alkanes) is 8. The molecule has 0 aliphatic heterocycles. The monoisotopic (exact) mass is 1160 g/mol. The molecule has 450 valence electrons. The molecular weight excluding hydrogens is 1070 g/mol. The van der Waals surface area contributed by atoms with Gasteiger partial charge in [-0.1, -0.05) is 289 Å². The van der Waals surface area contributed by atoms with Gasteiger partial charge in [-0.2, -0.15) is 0 Å². The first-order valence-electron chi connectivity index (χ1n) is 33.2. The van der Waals surface area contributed by atoms with Gasteiger partial charge in [0.15, 0.2) is 11.6 Å². The van der Waals surface area contributed by atoms with Crippen molar-refractivity contribution in [2.24, 2.45) is 0 Å². The highest BCUT2D eigenvalue weighted by molar-refractivity contribution is 6.20. The van der Waals surface area contributed by atoms with Gasteiger partial charge in [0, 0.05) is 35.3 Å². The van der Waals surface area contributed by atoms with Crippen molar-refractivity contribution < 1.29 is 9.59 Å². The standard InChI is InChI=1S/C85H93NO2/c1-11-13-15-17-28-36-79(87)85(80(88)37-29-18-16-14-12-2)77-54-60(3)38-50-73(77)74-51-41-64(55-78(74)85)63-39-46-69(47-40-63)86(68-34-26-21-27-35-68)70-48-42-65(43-49-70)82(7,8)83(9,10)67-45-53-72-71-52-44-66(81(4,5)6)56-75(71)84(76(72)57-67,58-61-30-22-19-23-31-61)59-62-32-24-20-25-33-62/h19-27,30-35,38-57H,11-18,28-29,36-37,58-59H2,1-10H3. The Bertz CT molecular complexity index is 3830. The summed E-state index contributed by atoms with van der Waals surface area (Å²) in [4.78, 5) is 32.8. The van der Waals surface area contributed by atoms with Gasteiger partial charge in [-0.15, -0.1) is 0 Å². The number of benzene rings is 9. The molecule has 0 bridgehead atoms. The van der Waals surface area contributed by atoms with Crippen molar-refractivity contribution in [3.8, 4) is 33.4 Å². The number of fused-ring (bicyclic) bond motifs is 6. The molecule has 0 fully saturated rings. The van der Waals surface area contributed by atoms with E-state index < -0.39 is 5.41 Å². The third-order valence-corrected chi connectivity index (χ3v) is 20.7. The van der Waals surface area contributed by atoms with E-state index >= 15 is 9.59 Å². The topological polar surface area (TPSA) is 37.4 Å². The zero-order chi connectivity index (χ0) is 61.8. The summed E-state index contributed by atoms with van der Waals surface area (Å²) in [6.45, 7) is 23.3. The molecule has 3 heteroatoms. The third-order valence-electron chi connectivity index (χ3n) is 20.7. The van der Waals surface area contributed by atoms with E-state index in [2.05, 4.69) is 286 Å². The molecule has 9 aromatic carbocycles. The second-order valence-electron chi connectivity index (χ2n) is 27.9. The molecule has 9 aromatic rings. The van der Waals surface area contributed by atoms with Gasteiger partial charge in [0.1, 0.15) is 5.41 Å². The first-order valence-corrected chi connectivity index (χ1v) is 33.2. The van der Waals surface area contributed by atoms with Crippen LogP contribution in [0.4, 0.5) is 17.1 Å². The number of Topliss-reactive ketones (excluding diaryl/α,β-unsaturated/α-hetero) is 2. The molecule has 88 heavy (non-hydrogen) atoms. The Balaban J connectivity index is 0.925. The molecule has 0 spiro atoms. The van der Waals surface area contributed by atoms with Gasteiger partial charge >= 0.3 is 0 Å². The number of anilines is 3. The summed E-state index contributed by atoms with van der Waals surface area (Å²) in [6.07, 6.45) is 13.0. The van der Waals surface area contributed by atoms with Gasteiger partial charge in [0.05, 0.1) is 0 Å². The average molecular weight is 1160 g/mol. The van der Waals surface area contributed by atoms with Gasteiger partial charge in [-0.05, 0) is 175 Å². The van der Waals surface area contributed by atoms with Gasteiger partial charge in [0.2, 0.25) is 0 Å². The second kappa shape index (κ2) is 25.7. The number of para-hydroxylation sites is 1. The van der Waals surface area contributed by atoms with Crippen molar-refractivity contribution in [1.82, 2.24) is 0 Å². The van der Waals surface area contributed by atoms with E-state index in [1.807, 2.05) is 0 Å². The van der Waals surface area contributed by atoms with E-state index in [9.17, 15) is 0 Å². The van der Waals surface area contributed by atoms with Gasteiger partial charge in [-0.25, -0.2) is 0 Å². The quantitative estimate of drug-likeness (QED) is 0.0423. The lowest BCUT2D eigenvalue weighted by Crippen LogP contribution is -2.43. The van der Waals surface area contributed by atoms with Crippen molar-refractivity contribution in [2.75, 3.05) is 4.90 Å². The Morgan fingerprint density at radius 3 is 1.30 bits per heavy atom. The fraction of sp³-hybridized carbons (Fsp3) is 0.341. The summed E-state index contributed by atoms with van der Waals surface area (Å²) >= 11 is 0. The predicted molar refractivity (Wildman–Crippen MR) is 372 cm³/mol. The van der Waals surface area contributed by atoms with E-state index in [4.69, 9.17) is 0 Å². The molecule has 0 heterocycles. The Hall–Kier alpha value is -7.88. The number of rotatable bonds is 25. The summed E-state index contributed by atoms with van der Waals surface area (Å²) in [5.41, 5.74) is 20.1. The van der Waals surface area contributed by atoms with Crippen LogP contribution in [0.1, 0.15) is 195 Å². The van der Waals surface area contributed by atoms with Crippen LogP contribution in [0.2, 0.25) is 0 Å². The first kappa shape index (κ1) is 61.8. The minimum Gasteiger partial charge on any atom is -0.311 e. The molecule has 2 aliphatic rings. The average Bonchev–Trinajstić information content (AvgIpc) is 1.61. The van der Waals surface area contributed by atoms with Crippen LogP contribution in [0.25, 0.3) is 33.4 Å². The van der Waals surface area contributed by atoms with E-state index in [1.54, 1.807) is 0 Å². The highest BCUT2D eigenvalue weighted by atomic mass is 16.2. The lowest BCUT2D eigenvalue weighted by Gasteiger charge is -2.44. The van der Waals surface area contributed by atoms with Crippen LogP contribution in [0.15, 0.2) is 212 Å². The van der Waals surface area contributed by atoms with Crippen LogP contribution in [0.3, 0.4) is 0 Å². The number of nitrogens with zero attached hydrogens (tertiary/aromatic N) is 1. The number of carbonyl (C=O) groups is 2. The van der Waals surface area contributed by atoms with Crippen molar-refractivity contribution in [1.29, 1.82) is 0 Å². The van der Waals surface area contributed by atoms with Crippen molar-refractivity contribution >= 4 is 28.6 Å². The maximum absolute atomic E-state index is 15.2. The van der Waals surface area contributed by atoms with Gasteiger partial charge in [-0.3, -0.25) is 9.59 Å². The molecule has 2 aliphatic carbocycles. The molecule has 0 radical (unpaired) electrons. The van der Waals surface area contributed by atoms with Gasteiger partial charge < -0.3 is 4.90 Å². The highest BCUT2D eigenvalue weighted by Gasteiger charge is 2.54. The molecule has 3 nitrogen and oxygen atoms in total. The highest BCUT2D eigenvalue weighted by Crippen LogP contribution is 2.57. The number of ketones is 2. The number of hydrogen-bond donors (Lipinski definition) is 0. The van der Waals surface area contributed by atoms with Crippen molar-refractivity contribution in [3.63, 3.8) is 0 Å². The smallest absolute Gasteiger partial charge is 0.155 e. The number of aryl methyl sites for hydroxylation is 1. The van der Waals surface area contributed by atoms with Crippen LogP contribution < -0.4 is 4.90 Å². The summed E-state index contributed by atoms with van der Waals surface area (Å²) in [5, 5.41) is 0. The van der Waals surface area contributed by atoms with E-state index in [-0.39, 0.29) is 33.2 Å². The maximum Gasteiger partial charge on any atom is 0.155 e. The molecule has 0 unspecified atom stereocenters. The predicted octanol–water partition coefficient (Wildman–Crippen LogP) is 22.6. The molecule has 0 N–H and O–H groups in total. The van der Waals surface area contributed by atoms with Crippen LogP contribution >= 0.6 is 0 Å². The minimum absolute atomic E-state index is 0.00390. The molecular formula is C85H93NO2. The van der Waals surface area contributed by atoms with Crippen LogP contribution in [0, 0.1) is 6.92 Å². The summed E-state index contributed by atoms with van der Waals surface area (Å²) in [5.74, 6) is 0.114. The normalized spacial score (nSPS) is 13.8. The molecule has 11 rings (SSSR count). The number of carbonyl (C=O) groups excluding carboxylic acids is 2. The van der Waals surface area contributed by atoms with Crippen molar-refractivity contribution in [3.05, 3.63) is 268 Å². The van der Waals surface area contributed by atoms with Crippen LogP contribution in [0.5, 0.6) is 0 Å². The third kappa shape index (κ3) is 11.7. The van der Waals surface area contributed by atoms with E-state index in [1.165, 1.54) is 50.1 Å². The first-order chi connectivity index (χ1) is 42.4. The fourth-order valence-electron chi connectivity index (χ4n) is 14.8. The fourth-order valence-corrected chi connectivity index (χ4v) is 14.8. The lowest BCUT2D eigenvalue weighted by atomic mass is 9.60. The summed E-state index contributed by atoms with van der Waals surface area (Å²) in [6, 6.07) is 78.9. The van der Waals surface area contributed by atoms with E-state index in [0.29, 0.717) is 12.8 Å². The van der Waals surface area contributed by atoms with Crippen LogP contribution in [-0.2, 0) is 49.5 Å². The molecule has 0 saturated heterocycles. The van der Waals surface area contributed by atoms with Gasteiger partial charge in [0.25, 0.3) is 0 Å². The Morgan fingerprint density at radius 1 is 0.375 bits per heavy atom. The largest absolute Gasteiger partial charge is 0.311 e.